The highest BCUT2D eigenvalue weighted by atomic mass is 35.5. The first-order valence-corrected chi connectivity index (χ1v) is 13.8. The van der Waals surface area contributed by atoms with E-state index in [1.807, 2.05) is 0 Å². The number of thiazole rings is 1. The number of hydrogen-bond donors (Lipinski definition) is 2. The molecule has 12 heteroatoms. The predicted molar refractivity (Wildman–Crippen MR) is 136 cm³/mol. The Morgan fingerprint density at radius 1 is 1.28 bits per heavy atom. The van der Waals surface area contributed by atoms with E-state index >= 15 is 0 Å². The number of aromatic nitrogens is 1. The standard InChI is InChI=1S/C24H23ClFN3O5S2/c1-24(2,32)13-36(33,34)15-8-7-14(17(26)12-15)11-20(30)28-23-27-18-9-10-29(22(31)21(18)35-23)19-6-4-3-5-16(19)25/h3-8,12,32H,9-11,13H2,1-2H3,(H,27,28,30). The van der Waals surface area contributed by atoms with Gasteiger partial charge in [0.05, 0.1) is 39.1 Å². The Morgan fingerprint density at radius 3 is 2.67 bits per heavy atom. The van der Waals surface area contributed by atoms with Crippen molar-refractivity contribution in [2.45, 2.75) is 37.2 Å². The maximum atomic E-state index is 14.6. The third-order valence-corrected chi connectivity index (χ3v) is 8.76. The Morgan fingerprint density at radius 2 is 2.00 bits per heavy atom. The zero-order valence-electron chi connectivity index (χ0n) is 19.4. The smallest absolute Gasteiger partial charge is 0.270 e. The van der Waals surface area contributed by atoms with Crippen molar-refractivity contribution in [1.29, 1.82) is 0 Å². The van der Waals surface area contributed by atoms with Crippen LogP contribution < -0.4 is 10.2 Å². The van der Waals surface area contributed by atoms with Gasteiger partial charge in [0.25, 0.3) is 5.91 Å². The lowest BCUT2D eigenvalue weighted by molar-refractivity contribution is -0.115. The Bertz CT molecular complexity index is 1450. The van der Waals surface area contributed by atoms with Gasteiger partial charge in [0.1, 0.15) is 10.7 Å². The summed E-state index contributed by atoms with van der Waals surface area (Å²) in [6.45, 7) is 3.08. The second kappa shape index (κ2) is 9.89. The van der Waals surface area contributed by atoms with Crippen LogP contribution in [-0.4, -0.2) is 48.2 Å². The van der Waals surface area contributed by atoms with Crippen molar-refractivity contribution in [2.24, 2.45) is 0 Å². The summed E-state index contributed by atoms with van der Waals surface area (Å²) in [5, 5.41) is 13.1. The minimum Gasteiger partial charge on any atom is -0.389 e. The molecule has 2 N–H and O–H groups in total. The number of carbonyl (C=O) groups is 2. The van der Waals surface area contributed by atoms with E-state index in [-0.39, 0.29) is 27.9 Å². The van der Waals surface area contributed by atoms with Crippen LogP contribution in [0.15, 0.2) is 47.4 Å². The highest BCUT2D eigenvalue weighted by Crippen LogP contribution is 2.34. The monoisotopic (exact) mass is 551 g/mol. The summed E-state index contributed by atoms with van der Waals surface area (Å²) in [5.41, 5.74) is -0.322. The lowest BCUT2D eigenvalue weighted by atomic mass is 10.1. The number of hydrogen-bond acceptors (Lipinski definition) is 7. The number of amides is 2. The molecule has 190 valence electrons. The molecule has 0 unspecified atom stereocenters. The third-order valence-electron chi connectivity index (χ3n) is 5.38. The summed E-state index contributed by atoms with van der Waals surface area (Å²) in [5.74, 6) is -2.26. The van der Waals surface area contributed by atoms with Crippen LogP contribution in [0.5, 0.6) is 0 Å². The van der Waals surface area contributed by atoms with E-state index in [4.69, 9.17) is 11.6 Å². The number of aliphatic hydroxyl groups is 1. The van der Waals surface area contributed by atoms with Gasteiger partial charge in [-0.25, -0.2) is 17.8 Å². The first-order valence-electron chi connectivity index (χ1n) is 10.9. The number of sulfone groups is 1. The van der Waals surface area contributed by atoms with Crippen molar-refractivity contribution in [3.05, 3.63) is 69.4 Å². The minimum absolute atomic E-state index is 0.00278. The van der Waals surface area contributed by atoms with Gasteiger partial charge >= 0.3 is 0 Å². The maximum Gasteiger partial charge on any atom is 0.270 e. The number of carbonyl (C=O) groups excluding carboxylic acids is 2. The molecule has 1 aliphatic heterocycles. The zero-order valence-corrected chi connectivity index (χ0v) is 21.8. The van der Waals surface area contributed by atoms with E-state index in [0.717, 1.165) is 17.4 Å². The summed E-state index contributed by atoms with van der Waals surface area (Å²) >= 11 is 7.27. The summed E-state index contributed by atoms with van der Waals surface area (Å²) in [6.07, 6.45) is 0.121. The van der Waals surface area contributed by atoms with Crippen LogP contribution in [0, 0.1) is 5.82 Å². The molecule has 0 atom stereocenters. The van der Waals surface area contributed by atoms with Crippen molar-refractivity contribution in [3.63, 3.8) is 0 Å². The molecule has 1 aromatic heterocycles. The molecule has 0 bridgehead atoms. The molecule has 0 spiro atoms. The first kappa shape index (κ1) is 26.2. The number of rotatable bonds is 7. The highest BCUT2D eigenvalue weighted by molar-refractivity contribution is 7.91. The fourth-order valence-corrected chi connectivity index (χ4v) is 6.70. The number of nitrogens with one attached hydrogen (secondary N) is 1. The predicted octanol–water partition coefficient (Wildman–Crippen LogP) is 3.86. The first-order chi connectivity index (χ1) is 16.8. The summed E-state index contributed by atoms with van der Waals surface area (Å²) in [7, 11) is -3.91. The van der Waals surface area contributed by atoms with Gasteiger partial charge in [0, 0.05) is 13.0 Å². The molecule has 4 rings (SSSR count). The second-order valence-electron chi connectivity index (χ2n) is 9.00. The van der Waals surface area contributed by atoms with E-state index in [1.54, 1.807) is 29.2 Å². The zero-order chi connectivity index (χ0) is 26.3. The quantitative estimate of drug-likeness (QED) is 0.460. The van der Waals surface area contributed by atoms with E-state index in [2.05, 4.69) is 10.3 Å². The average Bonchev–Trinajstić information content (AvgIpc) is 3.18. The van der Waals surface area contributed by atoms with Crippen molar-refractivity contribution >= 4 is 55.4 Å². The number of anilines is 2. The summed E-state index contributed by atoms with van der Waals surface area (Å²) < 4.78 is 39.4. The van der Waals surface area contributed by atoms with Gasteiger partial charge in [-0.3, -0.25) is 9.59 Å². The van der Waals surface area contributed by atoms with Crippen LogP contribution in [0.25, 0.3) is 0 Å². The Kier molecular flexibility index (Phi) is 7.20. The molecule has 0 radical (unpaired) electrons. The summed E-state index contributed by atoms with van der Waals surface area (Å²) in [6, 6.07) is 10.3. The molecule has 36 heavy (non-hydrogen) atoms. The number of para-hydroxylation sites is 1. The van der Waals surface area contributed by atoms with Crippen LogP contribution in [0.1, 0.15) is 34.8 Å². The van der Waals surface area contributed by atoms with Crippen LogP contribution >= 0.6 is 22.9 Å². The van der Waals surface area contributed by atoms with E-state index in [0.29, 0.717) is 34.2 Å². The lowest BCUT2D eigenvalue weighted by Crippen LogP contribution is -2.37. The maximum absolute atomic E-state index is 14.6. The summed E-state index contributed by atoms with van der Waals surface area (Å²) in [4.78, 5) is 31.6. The van der Waals surface area contributed by atoms with Gasteiger partial charge in [-0.15, -0.1) is 0 Å². The number of halogens is 2. The fourth-order valence-electron chi connectivity index (χ4n) is 3.83. The molecule has 0 aliphatic carbocycles. The third kappa shape index (κ3) is 5.75. The van der Waals surface area contributed by atoms with Gasteiger partial charge in [-0.05, 0) is 43.7 Å². The van der Waals surface area contributed by atoms with Gasteiger partial charge in [-0.2, -0.15) is 0 Å². The molecule has 2 amide bonds. The van der Waals surface area contributed by atoms with E-state index in [9.17, 15) is 27.5 Å². The fraction of sp³-hybridized carbons (Fsp3) is 0.292. The van der Waals surface area contributed by atoms with Crippen molar-refractivity contribution in [3.8, 4) is 0 Å². The van der Waals surface area contributed by atoms with Crippen LogP contribution in [0.2, 0.25) is 5.02 Å². The second-order valence-corrected chi connectivity index (χ2v) is 12.4. The minimum atomic E-state index is -3.91. The van der Waals surface area contributed by atoms with Crippen molar-refractivity contribution < 1.29 is 27.5 Å². The van der Waals surface area contributed by atoms with Gasteiger partial charge < -0.3 is 15.3 Å². The van der Waals surface area contributed by atoms with Gasteiger partial charge in [-0.1, -0.05) is 41.1 Å². The molecule has 3 aromatic rings. The molecule has 2 aromatic carbocycles. The molecular weight excluding hydrogens is 529 g/mol. The highest BCUT2D eigenvalue weighted by Gasteiger charge is 2.31. The molecule has 1 aliphatic rings. The molecule has 8 nitrogen and oxygen atoms in total. The molecule has 0 fully saturated rings. The molecule has 0 saturated carbocycles. The molecular formula is C24H23ClFN3O5S2. The number of nitrogens with zero attached hydrogens (tertiary/aromatic N) is 2. The van der Waals surface area contributed by atoms with Gasteiger partial charge in [0.15, 0.2) is 15.0 Å². The number of benzene rings is 2. The van der Waals surface area contributed by atoms with E-state index in [1.165, 1.54) is 26.0 Å². The normalized spacial score (nSPS) is 14.0. The van der Waals surface area contributed by atoms with Crippen LogP contribution in [0.3, 0.4) is 0 Å². The topological polar surface area (TPSA) is 117 Å². The van der Waals surface area contributed by atoms with E-state index < -0.39 is 32.9 Å². The Hall–Kier alpha value is -2.86. The lowest BCUT2D eigenvalue weighted by Gasteiger charge is -2.26. The SMILES string of the molecule is CC(C)(O)CS(=O)(=O)c1ccc(CC(=O)Nc2nc3c(s2)C(=O)N(c2ccccc2Cl)CC3)c(F)c1. The van der Waals surface area contributed by atoms with Crippen LogP contribution in [-0.2, 0) is 27.5 Å². The average molecular weight is 552 g/mol. The Balaban J connectivity index is 1.45. The Labute approximate surface area is 216 Å². The van der Waals surface area contributed by atoms with Crippen molar-refractivity contribution in [1.82, 2.24) is 4.98 Å². The van der Waals surface area contributed by atoms with Gasteiger partial charge in [0.2, 0.25) is 5.91 Å². The molecule has 2 heterocycles. The van der Waals surface area contributed by atoms with Crippen molar-refractivity contribution in [2.75, 3.05) is 22.5 Å². The number of fused-ring (bicyclic) bond motifs is 1. The van der Waals surface area contributed by atoms with Crippen LogP contribution in [0.4, 0.5) is 15.2 Å². The molecule has 0 saturated heterocycles. The largest absolute Gasteiger partial charge is 0.389 e.